The Hall–Kier alpha value is -1.96. The Balaban J connectivity index is 1.50. The van der Waals surface area contributed by atoms with Crippen LogP contribution in [0.3, 0.4) is 0 Å². The average molecular weight is 332 g/mol. The van der Waals surface area contributed by atoms with Crippen LogP contribution in [0.4, 0.5) is 0 Å². The minimum absolute atomic E-state index is 0.115. The highest BCUT2D eigenvalue weighted by Crippen LogP contribution is 2.20. The number of β-amino-alcohol motifs (C(OH)–C–C–N with tert-alkyl or cyclic N) is 1. The molecule has 0 radical (unpaired) electrons. The lowest BCUT2D eigenvalue weighted by molar-refractivity contribution is -0.0506. The van der Waals surface area contributed by atoms with Crippen molar-refractivity contribution in [1.82, 2.24) is 19.7 Å². The van der Waals surface area contributed by atoms with Crippen molar-refractivity contribution in [1.29, 1.82) is 0 Å². The molecule has 7 nitrogen and oxygen atoms in total. The number of aryl methyl sites for hydroxylation is 2. The molecule has 0 saturated carbocycles. The van der Waals surface area contributed by atoms with Gasteiger partial charge in [-0.05, 0) is 18.6 Å². The quantitative estimate of drug-likeness (QED) is 0.849. The van der Waals surface area contributed by atoms with Crippen LogP contribution in [0.5, 0.6) is 5.75 Å². The van der Waals surface area contributed by atoms with Crippen molar-refractivity contribution in [2.75, 3.05) is 32.8 Å². The van der Waals surface area contributed by atoms with Gasteiger partial charge in [-0.15, -0.1) is 10.2 Å². The molecule has 2 atom stereocenters. The zero-order valence-corrected chi connectivity index (χ0v) is 14.1. The van der Waals surface area contributed by atoms with Crippen LogP contribution in [-0.2, 0) is 11.8 Å². The van der Waals surface area contributed by atoms with Gasteiger partial charge in [0.25, 0.3) is 0 Å². The van der Waals surface area contributed by atoms with E-state index in [2.05, 4.69) is 15.1 Å². The van der Waals surface area contributed by atoms with Crippen molar-refractivity contribution in [2.24, 2.45) is 7.05 Å². The SMILES string of the molecule is Cc1ccccc1OC[C@@H](O)CN1CCO[C@@H](c2nncn2C)C1. The maximum absolute atomic E-state index is 10.3. The third kappa shape index (κ3) is 4.11. The molecule has 1 aromatic carbocycles. The molecular formula is C17H24N4O3. The molecule has 0 unspecified atom stereocenters. The van der Waals surface area contributed by atoms with E-state index in [0.717, 1.165) is 23.7 Å². The predicted octanol–water partition coefficient (Wildman–Crippen LogP) is 0.937. The van der Waals surface area contributed by atoms with Gasteiger partial charge in [-0.3, -0.25) is 4.90 Å². The summed E-state index contributed by atoms with van der Waals surface area (Å²) in [6.07, 6.45) is 1.00. The fourth-order valence-corrected chi connectivity index (χ4v) is 2.86. The van der Waals surface area contributed by atoms with Crippen LogP contribution >= 0.6 is 0 Å². The number of rotatable bonds is 6. The Bertz CT molecular complexity index is 661. The topological polar surface area (TPSA) is 72.6 Å². The van der Waals surface area contributed by atoms with Crippen LogP contribution < -0.4 is 4.74 Å². The van der Waals surface area contributed by atoms with Gasteiger partial charge in [0.2, 0.25) is 0 Å². The number of aliphatic hydroxyl groups is 1. The van der Waals surface area contributed by atoms with E-state index in [1.165, 1.54) is 0 Å². The fraction of sp³-hybridized carbons (Fsp3) is 0.529. The number of para-hydroxylation sites is 1. The Morgan fingerprint density at radius 2 is 2.25 bits per heavy atom. The number of aromatic nitrogens is 3. The molecule has 1 N–H and O–H groups in total. The second kappa shape index (κ2) is 7.74. The molecule has 1 aliphatic rings. The summed E-state index contributed by atoms with van der Waals surface area (Å²) in [5.74, 6) is 1.63. The largest absolute Gasteiger partial charge is 0.491 e. The van der Waals surface area contributed by atoms with Gasteiger partial charge in [0.05, 0.1) is 6.61 Å². The van der Waals surface area contributed by atoms with Gasteiger partial charge in [-0.1, -0.05) is 18.2 Å². The molecule has 0 spiro atoms. The molecular weight excluding hydrogens is 308 g/mol. The lowest BCUT2D eigenvalue weighted by Crippen LogP contribution is -2.44. The van der Waals surface area contributed by atoms with Crippen molar-refractivity contribution < 1.29 is 14.6 Å². The third-order valence-corrected chi connectivity index (χ3v) is 4.18. The zero-order valence-electron chi connectivity index (χ0n) is 14.1. The van der Waals surface area contributed by atoms with Crippen LogP contribution in [0.25, 0.3) is 0 Å². The number of hydrogen-bond donors (Lipinski definition) is 1. The molecule has 0 bridgehead atoms. The van der Waals surface area contributed by atoms with Crippen LogP contribution in [0, 0.1) is 6.92 Å². The van der Waals surface area contributed by atoms with E-state index in [9.17, 15) is 5.11 Å². The minimum atomic E-state index is -0.553. The number of hydrogen-bond acceptors (Lipinski definition) is 6. The molecule has 1 aliphatic heterocycles. The first-order chi connectivity index (χ1) is 11.6. The summed E-state index contributed by atoms with van der Waals surface area (Å²) in [6.45, 7) is 4.91. The third-order valence-electron chi connectivity index (χ3n) is 4.18. The van der Waals surface area contributed by atoms with Crippen LogP contribution in [0.2, 0.25) is 0 Å². The number of benzene rings is 1. The van der Waals surface area contributed by atoms with Crippen molar-refractivity contribution in [2.45, 2.75) is 19.1 Å². The molecule has 0 amide bonds. The van der Waals surface area contributed by atoms with E-state index in [0.29, 0.717) is 19.7 Å². The van der Waals surface area contributed by atoms with E-state index in [-0.39, 0.29) is 12.7 Å². The molecule has 2 heterocycles. The lowest BCUT2D eigenvalue weighted by Gasteiger charge is -2.33. The summed E-state index contributed by atoms with van der Waals surface area (Å²) >= 11 is 0. The first-order valence-corrected chi connectivity index (χ1v) is 8.18. The van der Waals surface area contributed by atoms with E-state index in [1.54, 1.807) is 6.33 Å². The van der Waals surface area contributed by atoms with Crippen molar-refractivity contribution in [3.05, 3.63) is 42.0 Å². The normalized spacial score (nSPS) is 20.0. The highest BCUT2D eigenvalue weighted by atomic mass is 16.5. The summed E-state index contributed by atoms with van der Waals surface area (Å²) in [7, 11) is 1.91. The second-order valence-corrected chi connectivity index (χ2v) is 6.15. The Morgan fingerprint density at radius 3 is 3.00 bits per heavy atom. The summed E-state index contributed by atoms with van der Waals surface area (Å²) in [5.41, 5.74) is 1.07. The van der Waals surface area contributed by atoms with Gasteiger partial charge < -0.3 is 19.1 Å². The van der Waals surface area contributed by atoms with Gasteiger partial charge in [0.1, 0.15) is 30.9 Å². The monoisotopic (exact) mass is 332 g/mol. The molecule has 1 saturated heterocycles. The Morgan fingerprint density at radius 1 is 1.42 bits per heavy atom. The van der Waals surface area contributed by atoms with Gasteiger partial charge in [-0.25, -0.2) is 0 Å². The van der Waals surface area contributed by atoms with Gasteiger partial charge >= 0.3 is 0 Å². The Kier molecular flexibility index (Phi) is 5.44. The van der Waals surface area contributed by atoms with E-state index < -0.39 is 6.10 Å². The molecule has 2 aromatic rings. The first kappa shape index (κ1) is 16.9. The van der Waals surface area contributed by atoms with Gasteiger partial charge in [-0.2, -0.15) is 0 Å². The van der Waals surface area contributed by atoms with Crippen LogP contribution in [0.15, 0.2) is 30.6 Å². The van der Waals surface area contributed by atoms with Crippen molar-refractivity contribution in [3.8, 4) is 5.75 Å². The first-order valence-electron chi connectivity index (χ1n) is 8.18. The summed E-state index contributed by atoms with van der Waals surface area (Å²) < 4.78 is 13.4. The summed E-state index contributed by atoms with van der Waals surface area (Å²) in [6, 6.07) is 7.82. The highest BCUT2D eigenvalue weighted by Gasteiger charge is 2.26. The van der Waals surface area contributed by atoms with Crippen LogP contribution in [-0.4, -0.2) is 63.7 Å². The standard InChI is InChI=1S/C17H24N4O3/c1-13-5-3-4-6-15(13)24-11-14(22)9-21-7-8-23-16(10-21)17-19-18-12-20(17)2/h3-6,12,14,16,22H,7-11H2,1-2H3/t14-,16+/m0/s1. The van der Waals surface area contributed by atoms with Crippen LogP contribution in [0.1, 0.15) is 17.5 Å². The average Bonchev–Trinajstić information content (AvgIpc) is 3.00. The van der Waals surface area contributed by atoms with E-state index >= 15 is 0 Å². The van der Waals surface area contributed by atoms with Gasteiger partial charge in [0, 0.05) is 26.7 Å². The molecule has 7 heteroatoms. The highest BCUT2D eigenvalue weighted by molar-refractivity contribution is 5.31. The smallest absolute Gasteiger partial charge is 0.163 e. The number of aliphatic hydroxyl groups excluding tert-OH is 1. The van der Waals surface area contributed by atoms with E-state index in [1.807, 2.05) is 42.8 Å². The molecule has 24 heavy (non-hydrogen) atoms. The lowest BCUT2D eigenvalue weighted by atomic mass is 10.2. The van der Waals surface area contributed by atoms with Crippen molar-refractivity contribution in [3.63, 3.8) is 0 Å². The predicted molar refractivity (Wildman–Crippen MR) is 88.8 cm³/mol. The minimum Gasteiger partial charge on any atom is -0.491 e. The Labute approximate surface area is 141 Å². The van der Waals surface area contributed by atoms with E-state index in [4.69, 9.17) is 9.47 Å². The number of morpholine rings is 1. The molecule has 130 valence electrons. The fourth-order valence-electron chi connectivity index (χ4n) is 2.86. The maximum Gasteiger partial charge on any atom is 0.163 e. The second-order valence-electron chi connectivity index (χ2n) is 6.15. The molecule has 1 fully saturated rings. The van der Waals surface area contributed by atoms with Gasteiger partial charge in [0.15, 0.2) is 5.82 Å². The number of ether oxygens (including phenoxy) is 2. The maximum atomic E-state index is 10.3. The summed E-state index contributed by atoms with van der Waals surface area (Å²) in [4.78, 5) is 2.18. The molecule has 1 aromatic heterocycles. The zero-order chi connectivity index (χ0) is 16.9. The summed E-state index contributed by atoms with van der Waals surface area (Å²) in [5, 5.41) is 18.3. The number of nitrogens with zero attached hydrogens (tertiary/aromatic N) is 4. The molecule has 0 aliphatic carbocycles. The van der Waals surface area contributed by atoms with Crippen molar-refractivity contribution >= 4 is 0 Å². The molecule has 3 rings (SSSR count).